The third kappa shape index (κ3) is 4.31. The first-order valence-corrected chi connectivity index (χ1v) is 8.39. The van der Waals surface area contributed by atoms with E-state index in [1.54, 1.807) is 12.1 Å². The number of aromatic nitrogens is 2. The van der Waals surface area contributed by atoms with Crippen molar-refractivity contribution >= 4 is 5.69 Å². The maximum Gasteiger partial charge on any atom is 0.270 e. The molecule has 0 N–H and O–H groups in total. The van der Waals surface area contributed by atoms with Crippen LogP contribution in [0.15, 0.2) is 53.1 Å². The molecule has 26 heavy (non-hydrogen) atoms. The molecule has 7 heteroatoms. The van der Waals surface area contributed by atoms with Crippen LogP contribution in [0.25, 0.3) is 11.4 Å². The highest BCUT2D eigenvalue weighted by atomic mass is 16.6. The molecule has 0 amide bonds. The van der Waals surface area contributed by atoms with Crippen LogP contribution >= 0.6 is 0 Å². The van der Waals surface area contributed by atoms with E-state index in [1.165, 1.54) is 23.3 Å². The van der Waals surface area contributed by atoms with E-state index in [0.29, 0.717) is 23.8 Å². The predicted octanol–water partition coefficient (Wildman–Crippen LogP) is 3.84. The largest absolute Gasteiger partial charge is 0.338 e. The van der Waals surface area contributed by atoms with E-state index in [9.17, 15) is 10.1 Å². The topological polar surface area (TPSA) is 85.3 Å². The van der Waals surface area contributed by atoms with Crippen LogP contribution in [0.5, 0.6) is 0 Å². The molecule has 1 heterocycles. The average molecular weight is 352 g/mol. The van der Waals surface area contributed by atoms with Gasteiger partial charge in [-0.3, -0.25) is 15.0 Å². The van der Waals surface area contributed by atoms with Crippen molar-refractivity contribution in [2.75, 3.05) is 7.05 Å². The Morgan fingerprint density at radius 2 is 1.85 bits per heavy atom. The quantitative estimate of drug-likeness (QED) is 0.474. The lowest BCUT2D eigenvalue weighted by atomic mass is 10.1. The minimum absolute atomic E-state index is 0.00138. The molecule has 0 saturated carbocycles. The van der Waals surface area contributed by atoms with Crippen LogP contribution in [-0.2, 0) is 19.5 Å². The molecule has 0 fully saturated rings. The molecule has 0 aliphatic rings. The van der Waals surface area contributed by atoms with Crippen LogP contribution in [0, 0.1) is 10.1 Å². The molecular weight excluding hydrogens is 332 g/mol. The van der Waals surface area contributed by atoms with Crippen molar-refractivity contribution in [3.63, 3.8) is 0 Å². The van der Waals surface area contributed by atoms with Gasteiger partial charge in [-0.05, 0) is 24.6 Å². The highest BCUT2D eigenvalue weighted by Gasteiger charge is 2.14. The van der Waals surface area contributed by atoms with Gasteiger partial charge in [-0.15, -0.1) is 0 Å². The number of hydrogen-bond acceptors (Lipinski definition) is 6. The first-order valence-electron chi connectivity index (χ1n) is 8.39. The minimum atomic E-state index is -0.442. The van der Waals surface area contributed by atoms with Gasteiger partial charge in [-0.25, -0.2) is 0 Å². The monoisotopic (exact) mass is 352 g/mol. The van der Waals surface area contributed by atoms with Gasteiger partial charge in [0.15, 0.2) is 0 Å². The molecule has 3 rings (SSSR count). The number of nitrogens with zero attached hydrogens (tertiary/aromatic N) is 4. The van der Waals surface area contributed by atoms with Crippen LogP contribution < -0.4 is 0 Å². The smallest absolute Gasteiger partial charge is 0.270 e. The normalized spacial score (nSPS) is 11.0. The van der Waals surface area contributed by atoms with Gasteiger partial charge in [0.05, 0.1) is 11.5 Å². The maximum absolute atomic E-state index is 10.9. The summed E-state index contributed by atoms with van der Waals surface area (Å²) in [6.45, 7) is 3.39. The summed E-state index contributed by atoms with van der Waals surface area (Å²) < 4.78 is 5.29. The molecule has 2 aromatic carbocycles. The second kappa shape index (κ2) is 7.88. The molecule has 0 atom stereocenters. The minimum Gasteiger partial charge on any atom is -0.338 e. The Balaban J connectivity index is 1.65. The number of benzene rings is 2. The standard InChI is InChI=1S/C19H20N4O3/c1-3-14-7-9-15(10-8-14)12-22(2)13-18-20-19(21-26-18)16-5-4-6-17(11-16)23(24)25/h4-11H,3,12-13H2,1-2H3. The van der Waals surface area contributed by atoms with Crippen molar-refractivity contribution in [1.29, 1.82) is 0 Å². The van der Waals surface area contributed by atoms with Gasteiger partial charge >= 0.3 is 0 Å². The van der Waals surface area contributed by atoms with Gasteiger partial charge in [0, 0.05) is 24.2 Å². The molecule has 7 nitrogen and oxygen atoms in total. The van der Waals surface area contributed by atoms with E-state index in [4.69, 9.17) is 4.52 Å². The number of non-ortho nitro benzene ring substituents is 1. The molecule has 3 aromatic rings. The Kier molecular flexibility index (Phi) is 5.38. The zero-order valence-electron chi connectivity index (χ0n) is 14.8. The fourth-order valence-electron chi connectivity index (χ4n) is 2.67. The molecule has 0 spiro atoms. The van der Waals surface area contributed by atoms with Gasteiger partial charge in [0.25, 0.3) is 5.69 Å². The molecular formula is C19H20N4O3. The van der Waals surface area contributed by atoms with Crippen molar-refractivity contribution < 1.29 is 9.45 Å². The SMILES string of the molecule is CCc1ccc(CN(C)Cc2nc(-c3cccc([N+](=O)[O-])c3)no2)cc1. The van der Waals surface area contributed by atoms with Crippen LogP contribution in [0.4, 0.5) is 5.69 Å². The summed E-state index contributed by atoms with van der Waals surface area (Å²) >= 11 is 0. The molecule has 0 radical (unpaired) electrons. The average Bonchev–Trinajstić information content (AvgIpc) is 3.10. The van der Waals surface area contributed by atoms with Crippen molar-refractivity contribution in [2.45, 2.75) is 26.4 Å². The Morgan fingerprint density at radius 1 is 1.12 bits per heavy atom. The van der Waals surface area contributed by atoms with Crippen molar-refractivity contribution in [3.8, 4) is 11.4 Å². The molecule has 0 bridgehead atoms. The van der Waals surface area contributed by atoms with E-state index < -0.39 is 4.92 Å². The van der Waals surface area contributed by atoms with Gasteiger partial charge in [-0.2, -0.15) is 4.98 Å². The molecule has 0 aliphatic carbocycles. The fourth-order valence-corrected chi connectivity index (χ4v) is 2.67. The van der Waals surface area contributed by atoms with Gasteiger partial charge < -0.3 is 4.52 Å². The van der Waals surface area contributed by atoms with Gasteiger partial charge in [-0.1, -0.05) is 48.5 Å². The van der Waals surface area contributed by atoms with E-state index >= 15 is 0 Å². The highest BCUT2D eigenvalue weighted by molar-refractivity contribution is 5.58. The predicted molar refractivity (Wildman–Crippen MR) is 97.4 cm³/mol. The van der Waals surface area contributed by atoms with Crippen molar-refractivity contribution in [2.24, 2.45) is 0 Å². The summed E-state index contributed by atoms with van der Waals surface area (Å²) in [5.41, 5.74) is 3.09. The summed E-state index contributed by atoms with van der Waals surface area (Å²) in [6.07, 6.45) is 1.03. The summed E-state index contributed by atoms with van der Waals surface area (Å²) in [5, 5.41) is 14.8. The molecule has 1 aromatic heterocycles. The summed E-state index contributed by atoms with van der Waals surface area (Å²) in [6, 6.07) is 14.7. The van der Waals surface area contributed by atoms with Gasteiger partial charge in [0.2, 0.25) is 11.7 Å². The third-order valence-electron chi connectivity index (χ3n) is 4.07. The lowest BCUT2D eigenvalue weighted by Crippen LogP contribution is -2.17. The number of nitro groups is 1. The summed E-state index contributed by atoms with van der Waals surface area (Å²) in [7, 11) is 1.98. The van der Waals surface area contributed by atoms with Crippen LogP contribution in [0.1, 0.15) is 23.9 Å². The lowest BCUT2D eigenvalue weighted by molar-refractivity contribution is -0.384. The lowest BCUT2D eigenvalue weighted by Gasteiger charge is -2.14. The highest BCUT2D eigenvalue weighted by Crippen LogP contribution is 2.21. The zero-order valence-corrected chi connectivity index (χ0v) is 14.8. The Hall–Kier alpha value is -3.06. The summed E-state index contributed by atoms with van der Waals surface area (Å²) in [5.74, 6) is 0.823. The van der Waals surface area contributed by atoms with E-state index in [2.05, 4.69) is 46.2 Å². The second-order valence-electron chi connectivity index (χ2n) is 6.16. The number of nitro benzene ring substituents is 1. The van der Waals surface area contributed by atoms with E-state index in [-0.39, 0.29) is 5.69 Å². The van der Waals surface area contributed by atoms with Crippen LogP contribution in [0.2, 0.25) is 0 Å². The summed E-state index contributed by atoms with van der Waals surface area (Å²) in [4.78, 5) is 16.9. The first-order chi connectivity index (χ1) is 12.5. The molecule has 0 aliphatic heterocycles. The Labute approximate surface area is 151 Å². The van der Waals surface area contributed by atoms with E-state index in [1.807, 2.05) is 7.05 Å². The number of aryl methyl sites for hydroxylation is 1. The van der Waals surface area contributed by atoms with Crippen LogP contribution in [0.3, 0.4) is 0 Å². The van der Waals surface area contributed by atoms with Gasteiger partial charge in [0.1, 0.15) is 0 Å². The third-order valence-corrected chi connectivity index (χ3v) is 4.07. The zero-order chi connectivity index (χ0) is 18.5. The molecule has 134 valence electrons. The van der Waals surface area contributed by atoms with Crippen molar-refractivity contribution in [1.82, 2.24) is 15.0 Å². The Bertz CT molecular complexity index is 890. The Morgan fingerprint density at radius 3 is 2.54 bits per heavy atom. The van der Waals surface area contributed by atoms with E-state index in [0.717, 1.165) is 13.0 Å². The molecule has 0 unspecified atom stereocenters. The maximum atomic E-state index is 10.9. The fraction of sp³-hybridized carbons (Fsp3) is 0.263. The van der Waals surface area contributed by atoms with Crippen molar-refractivity contribution in [3.05, 3.63) is 75.7 Å². The second-order valence-corrected chi connectivity index (χ2v) is 6.16. The number of hydrogen-bond donors (Lipinski definition) is 0. The number of rotatable bonds is 7. The van der Waals surface area contributed by atoms with Crippen LogP contribution in [-0.4, -0.2) is 27.0 Å². The first kappa shape index (κ1) is 17.8. The molecule has 0 saturated heterocycles.